The Morgan fingerprint density at radius 2 is 2.14 bits per heavy atom. The average Bonchev–Trinajstić information content (AvgIpc) is 2.88. The predicted molar refractivity (Wildman–Crippen MR) is 81.0 cm³/mol. The summed E-state index contributed by atoms with van der Waals surface area (Å²) in [6.07, 6.45) is 4.08. The molecule has 0 unspecified atom stereocenters. The van der Waals surface area contributed by atoms with E-state index in [0.717, 1.165) is 18.5 Å². The van der Waals surface area contributed by atoms with E-state index in [0.29, 0.717) is 18.5 Å². The van der Waals surface area contributed by atoms with Gasteiger partial charge in [-0.1, -0.05) is 20.3 Å². The van der Waals surface area contributed by atoms with Gasteiger partial charge in [0.05, 0.1) is 5.25 Å². The number of carbonyl (C=O) groups is 1. The summed E-state index contributed by atoms with van der Waals surface area (Å²) in [5.74, 6) is 0.0423. The molecular weight excluding hydrogens is 290 g/mol. The molecule has 1 saturated carbocycles. The number of sulfone groups is 1. The quantitative estimate of drug-likeness (QED) is 0.883. The third-order valence-corrected chi connectivity index (χ3v) is 5.66. The molecule has 1 aliphatic carbocycles. The maximum atomic E-state index is 12.2. The first-order chi connectivity index (χ1) is 9.77. The molecule has 1 aromatic rings. The first-order valence-electron chi connectivity index (χ1n) is 7.32. The molecule has 2 N–H and O–H groups in total. The van der Waals surface area contributed by atoms with Gasteiger partial charge in [-0.3, -0.25) is 9.89 Å². The lowest BCUT2D eigenvalue weighted by atomic mass is 9.95. The van der Waals surface area contributed by atoms with Gasteiger partial charge in [-0.2, -0.15) is 5.10 Å². The van der Waals surface area contributed by atoms with Crippen molar-refractivity contribution in [3.63, 3.8) is 0 Å². The van der Waals surface area contributed by atoms with Gasteiger partial charge in [-0.25, -0.2) is 8.42 Å². The number of nitrogens with one attached hydrogen (secondary N) is 2. The van der Waals surface area contributed by atoms with Crippen LogP contribution in [-0.2, 0) is 9.84 Å². The predicted octanol–water partition coefficient (Wildman–Crippen LogP) is 1.62. The van der Waals surface area contributed by atoms with Crippen LogP contribution in [0.15, 0.2) is 6.07 Å². The summed E-state index contributed by atoms with van der Waals surface area (Å²) in [4.78, 5) is 12.2. The van der Waals surface area contributed by atoms with E-state index in [4.69, 9.17) is 0 Å². The molecule has 0 aliphatic heterocycles. The number of hydrogen-bond donors (Lipinski definition) is 2. The molecule has 1 aliphatic rings. The van der Waals surface area contributed by atoms with Gasteiger partial charge in [0.15, 0.2) is 0 Å². The maximum absolute atomic E-state index is 12.2. The number of carbonyl (C=O) groups excluding carboxylic acids is 1. The number of amides is 1. The van der Waals surface area contributed by atoms with Crippen LogP contribution in [0, 0.1) is 0 Å². The Bertz CT molecular complexity index is 607. The Labute approximate surface area is 125 Å². The fourth-order valence-electron chi connectivity index (χ4n) is 2.67. The van der Waals surface area contributed by atoms with Gasteiger partial charge in [0, 0.05) is 18.0 Å². The van der Waals surface area contributed by atoms with Gasteiger partial charge < -0.3 is 5.32 Å². The van der Waals surface area contributed by atoms with Crippen LogP contribution in [0.25, 0.3) is 0 Å². The molecule has 21 heavy (non-hydrogen) atoms. The highest BCUT2D eigenvalue weighted by atomic mass is 32.2. The van der Waals surface area contributed by atoms with Crippen molar-refractivity contribution in [2.75, 3.05) is 6.26 Å². The normalized spacial score (nSPS) is 23.2. The van der Waals surface area contributed by atoms with Crippen molar-refractivity contribution in [2.45, 2.75) is 56.7 Å². The van der Waals surface area contributed by atoms with Crippen LogP contribution in [0.3, 0.4) is 0 Å². The highest BCUT2D eigenvalue weighted by molar-refractivity contribution is 7.91. The van der Waals surface area contributed by atoms with Crippen LogP contribution in [0.2, 0.25) is 0 Å². The first-order valence-corrected chi connectivity index (χ1v) is 9.28. The van der Waals surface area contributed by atoms with Crippen LogP contribution in [-0.4, -0.2) is 42.1 Å². The Morgan fingerprint density at radius 1 is 1.43 bits per heavy atom. The topological polar surface area (TPSA) is 91.9 Å². The Balaban J connectivity index is 1.98. The van der Waals surface area contributed by atoms with Crippen LogP contribution in [0.1, 0.15) is 61.6 Å². The van der Waals surface area contributed by atoms with E-state index in [1.54, 1.807) is 6.07 Å². The van der Waals surface area contributed by atoms with E-state index in [1.807, 2.05) is 13.8 Å². The molecule has 1 aromatic heterocycles. The van der Waals surface area contributed by atoms with E-state index in [2.05, 4.69) is 15.5 Å². The lowest BCUT2D eigenvalue weighted by Gasteiger charge is -2.28. The fourth-order valence-corrected chi connectivity index (χ4v) is 3.85. The largest absolute Gasteiger partial charge is 0.348 e. The monoisotopic (exact) mass is 313 g/mol. The minimum absolute atomic E-state index is 0.0924. The third-order valence-electron chi connectivity index (χ3n) is 4.02. The third kappa shape index (κ3) is 4.06. The van der Waals surface area contributed by atoms with Crippen molar-refractivity contribution in [3.05, 3.63) is 17.5 Å². The van der Waals surface area contributed by atoms with Gasteiger partial charge in [0.1, 0.15) is 15.5 Å². The molecule has 0 aromatic carbocycles. The summed E-state index contributed by atoms with van der Waals surface area (Å²) >= 11 is 0. The second-order valence-electron chi connectivity index (χ2n) is 6.15. The smallest absolute Gasteiger partial charge is 0.271 e. The molecule has 1 fully saturated rings. The molecule has 6 nitrogen and oxygen atoms in total. The van der Waals surface area contributed by atoms with Gasteiger partial charge in [0.2, 0.25) is 0 Å². The lowest BCUT2D eigenvalue weighted by Crippen LogP contribution is -2.41. The summed E-state index contributed by atoms with van der Waals surface area (Å²) in [5, 5.41) is 9.42. The maximum Gasteiger partial charge on any atom is 0.271 e. The highest BCUT2D eigenvalue weighted by Gasteiger charge is 2.30. The van der Waals surface area contributed by atoms with Gasteiger partial charge in [-0.05, 0) is 31.2 Å². The minimum Gasteiger partial charge on any atom is -0.348 e. The highest BCUT2D eigenvalue weighted by Crippen LogP contribution is 2.24. The van der Waals surface area contributed by atoms with E-state index in [9.17, 15) is 13.2 Å². The second-order valence-corrected chi connectivity index (χ2v) is 8.48. The molecule has 2 rings (SSSR count). The molecule has 0 saturated heterocycles. The minimum atomic E-state index is -3.04. The molecular formula is C14H23N3O3S. The second kappa shape index (κ2) is 6.17. The van der Waals surface area contributed by atoms with Gasteiger partial charge in [0.25, 0.3) is 5.91 Å². The number of hydrogen-bond acceptors (Lipinski definition) is 4. The molecule has 0 spiro atoms. The average molecular weight is 313 g/mol. The van der Waals surface area contributed by atoms with Crippen molar-refractivity contribution < 1.29 is 13.2 Å². The Morgan fingerprint density at radius 3 is 2.71 bits per heavy atom. The number of rotatable bonds is 4. The molecule has 0 radical (unpaired) electrons. The van der Waals surface area contributed by atoms with Crippen LogP contribution >= 0.6 is 0 Å². The van der Waals surface area contributed by atoms with E-state index >= 15 is 0 Å². The molecule has 1 heterocycles. The Hall–Kier alpha value is -1.37. The zero-order chi connectivity index (χ0) is 15.6. The van der Waals surface area contributed by atoms with Gasteiger partial charge >= 0.3 is 0 Å². The summed E-state index contributed by atoms with van der Waals surface area (Å²) < 4.78 is 23.3. The van der Waals surface area contributed by atoms with Crippen molar-refractivity contribution in [2.24, 2.45) is 0 Å². The van der Waals surface area contributed by atoms with Gasteiger partial charge in [-0.15, -0.1) is 0 Å². The molecule has 2 atom stereocenters. The molecule has 0 bridgehead atoms. The summed E-state index contributed by atoms with van der Waals surface area (Å²) in [5.41, 5.74) is 1.28. The Kier molecular flexibility index (Phi) is 4.70. The summed E-state index contributed by atoms with van der Waals surface area (Å²) in [6.45, 7) is 4.04. The van der Waals surface area contributed by atoms with Crippen LogP contribution < -0.4 is 5.32 Å². The van der Waals surface area contributed by atoms with Crippen molar-refractivity contribution in [1.29, 1.82) is 0 Å². The van der Waals surface area contributed by atoms with Crippen molar-refractivity contribution >= 4 is 15.7 Å². The number of aromatic nitrogens is 2. The molecule has 118 valence electrons. The van der Waals surface area contributed by atoms with Crippen molar-refractivity contribution in [3.8, 4) is 0 Å². The zero-order valence-electron chi connectivity index (χ0n) is 12.7. The van der Waals surface area contributed by atoms with Crippen LogP contribution in [0.5, 0.6) is 0 Å². The van der Waals surface area contributed by atoms with Crippen LogP contribution in [0.4, 0.5) is 0 Å². The summed E-state index contributed by atoms with van der Waals surface area (Å²) in [7, 11) is -3.04. The number of aromatic amines is 1. The number of nitrogens with zero attached hydrogens (tertiary/aromatic N) is 1. The SMILES string of the molecule is CC(C)c1cc(C(=O)N[C@H]2CCC[C@@H](S(C)(=O)=O)C2)n[nH]1. The van der Waals surface area contributed by atoms with E-state index in [1.165, 1.54) is 6.26 Å². The van der Waals surface area contributed by atoms with E-state index < -0.39 is 9.84 Å². The first kappa shape index (κ1) is 16.0. The fraction of sp³-hybridized carbons (Fsp3) is 0.714. The number of H-pyrrole nitrogens is 1. The van der Waals surface area contributed by atoms with Crippen molar-refractivity contribution in [1.82, 2.24) is 15.5 Å². The summed E-state index contributed by atoms with van der Waals surface area (Å²) in [6, 6.07) is 1.65. The molecule has 1 amide bonds. The zero-order valence-corrected chi connectivity index (χ0v) is 13.5. The standard InChI is InChI=1S/C14H23N3O3S/c1-9(2)12-8-13(17-16-12)14(18)15-10-5-4-6-11(7-10)21(3,19)20/h8-11H,4-7H2,1-3H3,(H,15,18)(H,16,17)/t10-,11+/m0/s1. The van der Waals surface area contributed by atoms with E-state index in [-0.39, 0.29) is 23.1 Å². The molecule has 7 heteroatoms. The lowest BCUT2D eigenvalue weighted by molar-refractivity contribution is 0.0923.